The quantitative estimate of drug-likeness (QED) is 0.174. The normalized spacial score (nSPS) is 14.9. The molecule has 1 aliphatic heterocycles. The second-order valence-corrected chi connectivity index (χ2v) is 10.2. The van der Waals surface area contributed by atoms with Gasteiger partial charge < -0.3 is 35.3 Å². The minimum absolute atomic E-state index is 0.0113. The molecule has 2 aromatic carbocycles. The van der Waals surface area contributed by atoms with Gasteiger partial charge in [0.25, 0.3) is 0 Å². The SMILES string of the molecule is COC(=O)C1=C(C)NC(C)=C(C(=O)NCCCCCNCCCOc2cccc(OC)c2O)C1c1ccc(Cl)cc1. The van der Waals surface area contributed by atoms with Gasteiger partial charge in [-0.05, 0) is 76.0 Å². The van der Waals surface area contributed by atoms with Crippen molar-refractivity contribution in [2.45, 2.75) is 45.4 Å². The van der Waals surface area contributed by atoms with Crippen molar-refractivity contribution in [1.29, 1.82) is 0 Å². The van der Waals surface area contributed by atoms with Crippen LogP contribution >= 0.6 is 11.6 Å². The number of rotatable bonds is 15. The minimum atomic E-state index is -0.568. The third-order valence-electron chi connectivity index (χ3n) is 6.87. The molecule has 10 heteroatoms. The summed E-state index contributed by atoms with van der Waals surface area (Å²) in [6.07, 6.45) is 3.55. The summed E-state index contributed by atoms with van der Waals surface area (Å²) in [5.74, 6) is -0.458. The van der Waals surface area contributed by atoms with E-state index in [4.69, 9.17) is 25.8 Å². The third-order valence-corrected chi connectivity index (χ3v) is 7.12. The number of carbonyl (C=O) groups excluding carboxylic acids is 2. The Morgan fingerprint density at radius 3 is 2.27 bits per heavy atom. The number of phenols is 1. The zero-order valence-corrected chi connectivity index (χ0v) is 24.9. The monoisotopic (exact) mass is 585 g/mol. The molecular weight excluding hydrogens is 546 g/mol. The van der Waals surface area contributed by atoms with E-state index in [0.29, 0.717) is 52.2 Å². The highest BCUT2D eigenvalue weighted by Gasteiger charge is 2.36. The van der Waals surface area contributed by atoms with Crippen molar-refractivity contribution >= 4 is 23.5 Å². The van der Waals surface area contributed by atoms with E-state index in [0.717, 1.165) is 44.3 Å². The van der Waals surface area contributed by atoms with Gasteiger partial charge in [0, 0.05) is 28.5 Å². The first kappa shape index (κ1) is 31.8. The number of hydrogen-bond acceptors (Lipinski definition) is 8. The van der Waals surface area contributed by atoms with Crippen LogP contribution in [-0.2, 0) is 14.3 Å². The molecule has 0 bridgehead atoms. The summed E-state index contributed by atoms with van der Waals surface area (Å²) in [7, 11) is 2.84. The van der Waals surface area contributed by atoms with E-state index < -0.39 is 11.9 Å². The summed E-state index contributed by atoms with van der Waals surface area (Å²) in [6, 6.07) is 12.3. The van der Waals surface area contributed by atoms with E-state index in [1.165, 1.54) is 14.2 Å². The largest absolute Gasteiger partial charge is 0.502 e. The lowest BCUT2D eigenvalue weighted by Crippen LogP contribution is -2.36. The van der Waals surface area contributed by atoms with E-state index >= 15 is 0 Å². The van der Waals surface area contributed by atoms with Crippen LogP contribution in [0.4, 0.5) is 0 Å². The Morgan fingerprint density at radius 2 is 1.56 bits per heavy atom. The number of halogens is 1. The lowest BCUT2D eigenvalue weighted by Gasteiger charge is -2.30. The molecule has 9 nitrogen and oxygen atoms in total. The molecule has 0 radical (unpaired) electrons. The van der Waals surface area contributed by atoms with Crippen LogP contribution in [0.3, 0.4) is 0 Å². The number of nitrogens with one attached hydrogen (secondary N) is 3. The Kier molecular flexibility index (Phi) is 12.4. The number of benzene rings is 2. The van der Waals surface area contributed by atoms with Gasteiger partial charge in [-0.2, -0.15) is 0 Å². The van der Waals surface area contributed by atoms with Crippen LogP contribution in [0.5, 0.6) is 17.2 Å². The highest BCUT2D eigenvalue weighted by atomic mass is 35.5. The van der Waals surface area contributed by atoms with Gasteiger partial charge in [-0.15, -0.1) is 0 Å². The smallest absolute Gasteiger partial charge is 0.336 e. The number of methoxy groups -OCH3 is 2. The molecule has 0 saturated carbocycles. The Labute approximate surface area is 246 Å². The van der Waals surface area contributed by atoms with Crippen LogP contribution < -0.4 is 25.4 Å². The highest BCUT2D eigenvalue weighted by Crippen LogP contribution is 2.39. The maximum absolute atomic E-state index is 13.4. The van der Waals surface area contributed by atoms with Crippen LogP contribution in [0.25, 0.3) is 0 Å². The molecule has 0 aromatic heterocycles. The predicted octanol–water partition coefficient (Wildman–Crippen LogP) is 4.81. The number of unbranched alkanes of at least 4 members (excludes halogenated alkanes) is 2. The molecule has 1 heterocycles. The number of allylic oxidation sites excluding steroid dienone is 2. The molecule has 1 aliphatic rings. The van der Waals surface area contributed by atoms with Crippen LogP contribution in [0.2, 0.25) is 5.02 Å². The highest BCUT2D eigenvalue weighted by molar-refractivity contribution is 6.30. The summed E-state index contributed by atoms with van der Waals surface area (Å²) in [4.78, 5) is 26.1. The van der Waals surface area contributed by atoms with Crippen molar-refractivity contribution in [1.82, 2.24) is 16.0 Å². The Balaban J connectivity index is 1.41. The fourth-order valence-corrected chi connectivity index (χ4v) is 4.93. The number of amides is 1. The van der Waals surface area contributed by atoms with Gasteiger partial charge >= 0.3 is 5.97 Å². The van der Waals surface area contributed by atoms with E-state index in [1.54, 1.807) is 37.3 Å². The Bertz CT molecular complexity index is 1260. The molecule has 1 unspecified atom stereocenters. The lowest BCUT2D eigenvalue weighted by atomic mass is 9.80. The number of aromatic hydroxyl groups is 1. The molecule has 41 heavy (non-hydrogen) atoms. The standard InChI is InChI=1S/C31H40ClN3O6/c1-20-26(28(22-12-14-23(32)15-13-22)27(21(2)35-20)31(38)40-4)30(37)34-18-7-5-6-16-33-17-9-19-41-25-11-8-10-24(39-3)29(25)36/h8,10-15,28,33,35-36H,5-7,9,16-19H2,1-4H3,(H,34,37). The molecule has 0 fully saturated rings. The van der Waals surface area contributed by atoms with Gasteiger partial charge in [-0.25, -0.2) is 4.79 Å². The van der Waals surface area contributed by atoms with Crippen molar-refractivity contribution in [3.63, 3.8) is 0 Å². The molecule has 1 atom stereocenters. The molecule has 0 spiro atoms. The first-order chi connectivity index (χ1) is 19.8. The van der Waals surface area contributed by atoms with Crippen LogP contribution in [-0.4, -0.2) is 57.4 Å². The minimum Gasteiger partial charge on any atom is -0.502 e. The lowest BCUT2D eigenvalue weighted by molar-refractivity contribution is -0.136. The van der Waals surface area contributed by atoms with Crippen molar-refractivity contribution in [2.24, 2.45) is 0 Å². The fraction of sp³-hybridized carbons (Fsp3) is 0.419. The number of ether oxygens (including phenoxy) is 3. The molecule has 222 valence electrons. The summed E-state index contributed by atoms with van der Waals surface area (Å²) in [6.45, 7) is 6.30. The first-order valence-corrected chi connectivity index (χ1v) is 14.2. The molecule has 4 N–H and O–H groups in total. The number of esters is 1. The number of hydrogen-bond donors (Lipinski definition) is 4. The second-order valence-electron chi connectivity index (χ2n) is 9.75. The molecule has 2 aromatic rings. The van der Waals surface area contributed by atoms with Gasteiger partial charge in [0.2, 0.25) is 11.7 Å². The zero-order chi connectivity index (χ0) is 29.8. The average molecular weight is 586 g/mol. The Morgan fingerprint density at radius 1 is 0.902 bits per heavy atom. The second kappa shape index (κ2) is 15.9. The van der Waals surface area contributed by atoms with Gasteiger partial charge in [-0.1, -0.05) is 36.2 Å². The van der Waals surface area contributed by atoms with Crippen LogP contribution in [0.15, 0.2) is 65.0 Å². The maximum Gasteiger partial charge on any atom is 0.336 e. The van der Waals surface area contributed by atoms with E-state index in [1.807, 2.05) is 19.1 Å². The van der Waals surface area contributed by atoms with E-state index in [2.05, 4.69) is 16.0 Å². The zero-order valence-electron chi connectivity index (χ0n) is 24.1. The third kappa shape index (κ3) is 8.65. The number of phenolic OH excluding ortho intramolecular Hbond substituents is 1. The number of dihydropyridines is 1. The van der Waals surface area contributed by atoms with Crippen molar-refractivity contribution in [3.8, 4) is 17.2 Å². The fourth-order valence-electron chi connectivity index (χ4n) is 4.80. The maximum atomic E-state index is 13.4. The number of carbonyl (C=O) groups is 2. The van der Waals surface area contributed by atoms with Crippen molar-refractivity contribution < 1.29 is 28.9 Å². The summed E-state index contributed by atoms with van der Waals surface area (Å²) < 4.78 is 15.8. The van der Waals surface area contributed by atoms with E-state index in [9.17, 15) is 14.7 Å². The van der Waals surface area contributed by atoms with Gasteiger partial charge in [0.15, 0.2) is 11.5 Å². The van der Waals surface area contributed by atoms with Gasteiger partial charge in [-0.3, -0.25) is 4.79 Å². The summed E-state index contributed by atoms with van der Waals surface area (Å²) in [5, 5.41) is 20.2. The summed E-state index contributed by atoms with van der Waals surface area (Å²) in [5.41, 5.74) is 3.04. The molecule has 0 aliphatic carbocycles. The molecule has 0 saturated heterocycles. The van der Waals surface area contributed by atoms with Crippen molar-refractivity contribution in [3.05, 3.63) is 75.6 Å². The first-order valence-electron chi connectivity index (χ1n) is 13.8. The summed E-state index contributed by atoms with van der Waals surface area (Å²) >= 11 is 6.09. The van der Waals surface area contributed by atoms with Crippen LogP contribution in [0.1, 0.15) is 51.0 Å². The number of para-hydroxylation sites is 1. The van der Waals surface area contributed by atoms with Crippen molar-refractivity contribution in [2.75, 3.05) is 40.5 Å². The van der Waals surface area contributed by atoms with E-state index in [-0.39, 0.29) is 11.7 Å². The molecular formula is C31H40ClN3O6. The van der Waals surface area contributed by atoms with Crippen LogP contribution in [0, 0.1) is 0 Å². The Hall–Kier alpha value is -3.69. The molecule has 1 amide bonds. The molecule has 3 rings (SSSR count). The van der Waals surface area contributed by atoms with Gasteiger partial charge in [0.1, 0.15) is 0 Å². The predicted molar refractivity (Wildman–Crippen MR) is 159 cm³/mol. The van der Waals surface area contributed by atoms with Gasteiger partial charge in [0.05, 0.1) is 32.3 Å². The topological polar surface area (TPSA) is 118 Å². The average Bonchev–Trinajstić information content (AvgIpc) is 2.96.